The number of hydrogen-bond acceptors (Lipinski definition) is 5. The van der Waals surface area contributed by atoms with Gasteiger partial charge in [-0.1, -0.05) is 48.0 Å². The topological polar surface area (TPSA) is 80.1 Å². The number of benzene rings is 2. The first kappa shape index (κ1) is 22.0. The summed E-state index contributed by atoms with van der Waals surface area (Å²) in [6.45, 7) is 5.13. The summed E-state index contributed by atoms with van der Waals surface area (Å²) in [4.78, 5) is 34.3. The molecule has 0 spiro atoms. The molecule has 8 heteroatoms. The van der Waals surface area contributed by atoms with Crippen molar-refractivity contribution in [3.8, 4) is 10.4 Å². The predicted octanol–water partition coefficient (Wildman–Crippen LogP) is 4.20. The minimum absolute atomic E-state index is 0.0289. The molecule has 1 aliphatic carbocycles. The van der Waals surface area contributed by atoms with Gasteiger partial charge in [0.25, 0.3) is 11.8 Å². The number of aromatic nitrogens is 3. The van der Waals surface area contributed by atoms with Gasteiger partial charge < -0.3 is 10.2 Å². The van der Waals surface area contributed by atoms with E-state index in [1.165, 1.54) is 0 Å². The number of nitrogens with one attached hydrogen (secondary N) is 1. The molecule has 1 aliphatic heterocycles. The highest BCUT2D eigenvalue weighted by molar-refractivity contribution is 7.15. The maximum absolute atomic E-state index is 13.8. The molecule has 0 radical (unpaired) electrons. The van der Waals surface area contributed by atoms with E-state index in [1.807, 2.05) is 55.3 Å². The lowest BCUT2D eigenvalue weighted by atomic mass is 10.1. The van der Waals surface area contributed by atoms with Crippen LogP contribution in [0.1, 0.15) is 38.0 Å². The van der Waals surface area contributed by atoms with Gasteiger partial charge in [-0.3, -0.25) is 14.3 Å². The van der Waals surface area contributed by atoms with Crippen LogP contribution < -0.4 is 5.32 Å². The van der Waals surface area contributed by atoms with Crippen molar-refractivity contribution in [2.45, 2.75) is 26.3 Å². The van der Waals surface area contributed by atoms with Crippen LogP contribution in [0.5, 0.6) is 0 Å². The molecule has 6 rings (SSSR count). The molecule has 2 amide bonds. The molecule has 3 heterocycles. The third-order valence-corrected chi connectivity index (χ3v) is 8.25. The summed E-state index contributed by atoms with van der Waals surface area (Å²) < 4.78 is 1.73. The minimum Gasteiger partial charge on any atom is -0.349 e. The minimum atomic E-state index is -0.205. The molecule has 2 aromatic carbocycles. The number of amides is 2. The van der Waals surface area contributed by atoms with Gasteiger partial charge in [-0.25, -0.2) is 4.98 Å². The van der Waals surface area contributed by atoms with E-state index in [1.54, 1.807) is 16.0 Å². The van der Waals surface area contributed by atoms with Gasteiger partial charge >= 0.3 is 0 Å². The number of carbonyl (C=O) groups is 2. The number of para-hydroxylation sites is 1. The Morgan fingerprint density at radius 2 is 1.94 bits per heavy atom. The molecule has 2 fully saturated rings. The zero-order valence-electron chi connectivity index (χ0n) is 20.0. The molecule has 4 aromatic rings. The zero-order valence-corrected chi connectivity index (χ0v) is 20.8. The van der Waals surface area contributed by atoms with Gasteiger partial charge in [-0.05, 0) is 43.7 Å². The first-order valence-corrected chi connectivity index (χ1v) is 12.8. The van der Waals surface area contributed by atoms with Crippen LogP contribution in [-0.4, -0.2) is 50.6 Å². The number of aryl methyl sites for hydroxylation is 3. The van der Waals surface area contributed by atoms with Crippen molar-refractivity contribution < 1.29 is 9.59 Å². The summed E-state index contributed by atoms with van der Waals surface area (Å²) in [6.07, 6.45) is 1.11. The standard InChI is InChI=1S/C27H27N5O2S/c1-15-7-6-8-17(11-15)25-24(29-16(2)35-25)27(34)32-14-18-12-20(18)22(32)13-28-26(33)23-19-9-4-5-10-21(19)31(3)30-23/h4-11,18,20,22H,12-14H2,1-3H3,(H,28,33)/t18-,20-,22-/m1/s1. The van der Waals surface area contributed by atoms with Crippen LogP contribution in [0.3, 0.4) is 0 Å². The largest absolute Gasteiger partial charge is 0.349 e. The molecule has 35 heavy (non-hydrogen) atoms. The number of thiazole rings is 1. The number of piperidine rings is 1. The van der Waals surface area contributed by atoms with Crippen LogP contribution in [0.4, 0.5) is 0 Å². The summed E-state index contributed by atoms with van der Waals surface area (Å²) in [5.74, 6) is 0.699. The van der Waals surface area contributed by atoms with Crippen molar-refractivity contribution in [2.24, 2.45) is 18.9 Å². The number of nitrogens with zero attached hydrogens (tertiary/aromatic N) is 4. The Kier molecular flexibility index (Phi) is 5.21. The van der Waals surface area contributed by atoms with Gasteiger partial charge in [0.05, 0.1) is 21.4 Å². The molecule has 3 atom stereocenters. The highest BCUT2D eigenvalue weighted by Crippen LogP contribution is 2.50. The molecular formula is C27H27N5O2S. The SMILES string of the molecule is Cc1cccc(-c2sc(C)nc2C(=O)N2C[C@H]3C[C@H]3[C@H]2CNC(=O)c2nn(C)c3ccccc23)c1. The molecule has 7 nitrogen and oxygen atoms in total. The summed E-state index contributed by atoms with van der Waals surface area (Å²) in [5.41, 5.74) is 4.03. The fourth-order valence-electron chi connectivity index (χ4n) is 5.42. The zero-order chi connectivity index (χ0) is 24.3. The van der Waals surface area contributed by atoms with Crippen LogP contribution in [0.2, 0.25) is 0 Å². The van der Waals surface area contributed by atoms with Crippen LogP contribution in [-0.2, 0) is 7.05 Å². The average molecular weight is 486 g/mol. The quantitative estimate of drug-likeness (QED) is 0.459. The molecule has 0 bridgehead atoms. The first-order chi connectivity index (χ1) is 16.9. The molecule has 1 N–H and O–H groups in total. The Bertz CT molecular complexity index is 1470. The van der Waals surface area contributed by atoms with E-state index in [0.717, 1.165) is 44.9 Å². The van der Waals surface area contributed by atoms with Gasteiger partial charge in [-0.15, -0.1) is 11.3 Å². The monoisotopic (exact) mass is 485 g/mol. The smallest absolute Gasteiger partial charge is 0.274 e. The van der Waals surface area contributed by atoms with Crippen molar-refractivity contribution in [1.82, 2.24) is 25.0 Å². The normalized spacial score (nSPS) is 20.8. The Balaban J connectivity index is 1.23. The van der Waals surface area contributed by atoms with E-state index < -0.39 is 0 Å². The number of fused-ring (bicyclic) bond motifs is 2. The summed E-state index contributed by atoms with van der Waals surface area (Å²) in [5, 5.41) is 9.22. The predicted molar refractivity (Wildman–Crippen MR) is 136 cm³/mol. The Morgan fingerprint density at radius 1 is 1.11 bits per heavy atom. The lowest BCUT2D eigenvalue weighted by Gasteiger charge is -2.27. The van der Waals surface area contributed by atoms with Gasteiger partial charge in [0.15, 0.2) is 5.69 Å². The van der Waals surface area contributed by atoms with E-state index in [2.05, 4.69) is 34.5 Å². The number of carbonyl (C=O) groups excluding carboxylic acids is 2. The van der Waals surface area contributed by atoms with Crippen LogP contribution in [0.25, 0.3) is 21.3 Å². The third-order valence-electron chi connectivity index (χ3n) is 7.23. The van der Waals surface area contributed by atoms with E-state index in [0.29, 0.717) is 29.8 Å². The highest BCUT2D eigenvalue weighted by atomic mass is 32.1. The Morgan fingerprint density at radius 3 is 2.77 bits per heavy atom. The van der Waals surface area contributed by atoms with E-state index in [9.17, 15) is 9.59 Å². The molecule has 178 valence electrons. The molecule has 2 aliphatic rings. The molecule has 1 saturated heterocycles. The molecule has 1 saturated carbocycles. The summed E-state index contributed by atoms with van der Waals surface area (Å²) in [6, 6.07) is 15.9. The lowest BCUT2D eigenvalue weighted by Crippen LogP contribution is -2.45. The molecule has 2 aromatic heterocycles. The molecule has 0 unspecified atom stereocenters. The highest BCUT2D eigenvalue weighted by Gasteiger charge is 2.54. The van der Waals surface area contributed by atoms with Crippen molar-refractivity contribution >= 4 is 34.1 Å². The number of rotatable bonds is 5. The van der Waals surface area contributed by atoms with Crippen molar-refractivity contribution in [3.63, 3.8) is 0 Å². The van der Waals surface area contributed by atoms with Crippen LogP contribution >= 0.6 is 11.3 Å². The average Bonchev–Trinajstić information content (AvgIpc) is 3.18. The number of likely N-dealkylation sites (tertiary alicyclic amines) is 1. The third kappa shape index (κ3) is 3.82. The van der Waals surface area contributed by atoms with Gasteiger partial charge in [0.1, 0.15) is 5.69 Å². The van der Waals surface area contributed by atoms with Crippen LogP contribution in [0.15, 0.2) is 48.5 Å². The molecular weight excluding hydrogens is 458 g/mol. The Hall–Kier alpha value is -3.52. The van der Waals surface area contributed by atoms with Crippen LogP contribution in [0, 0.1) is 25.7 Å². The number of hydrogen-bond donors (Lipinski definition) is 1. The van der Waals surface area contributed by atoms with Crippen molar-refractivity contribution in [1.29, 1.82) is 0 Å². The van der Waals surface area contributed by atoms with E-state index in [4.69, 9.17) is 0 Å². The van der Waals surface area contributed by atoms with E-state index >= 15 is 0 Å². The first-order valence-electron chi connectivity index (χ1n) is 12.0. The summed E-state index contributed by atoms with van der Waals surface area (Å²) >= 11 is 1.56. The summed E-state index contributed by atoms with van der Waals surface area (Å²) in [7, 11) is 1.84. The fourth-order valence-corrected chi connectivity index (χ4v) is 6.33. The van der Waals surface area contributed by atoms with E-state index in [-0.39, 0.29) is 17.9 Å². The van der Waals surface area contributed by atoms with Gasteiger partial charge in [-0.2, -0.15) is 5.10 Å². The van der Waals surface area contributed by atoms with Crippen molar-refractivity contribution in [2.75, 3.05) is 13.1 Å². The fraction of sp³-hybridized carbons (Fsp3) is 0.333. The second-order valence-electron chi connectivity index (χ2n) is 9.66. The maximum Gasteiger partial charge on any atom is 0.274 e. The second-order valence-corrected chi connectivity index (χ2v) is 10.9. The van der Waals surface area contributed by atoms with Crippen molar-refractivity contribution in [3.05, 3.63) is 70.5 Å². The van der Waals surface area contributed by atoms with Gasteiger partial charge in [0.2, 0.25) is 0 Å². The lowest BCUT2D eigenvalue weighted by molar-refractivity contribution is 0.0690. The second kappa shape index (κ2) is 8.30. The maximum atomic E-state index is 13.8. The Labute approximate surface area is 207 Å². The van der Waals surface area contributed by atoms with Gasteiger partial charge in [0, 0.05) is 25.5 Å².